The molecule has 0 radical (unpaired) electrons. The summed E-state index contributed by atoms with van der Waals surface area (Å²) < 4.78 is 5.42. The third-order valence-corrected chi connectivity index (χ3v) is 2.35. The van der Waals surface area contributed by atoms with Crippen molar-refractivity contribution in [3.05, 3.63) is 23.3 Å². The maximum Gasteiger partial charge on any atom is 0.162 e. The van der Waals surface area contributed by atoms with Gasteiger partial charge in [0.15, 0.2) is 5.72 Å². The molecule has 1 aliphatic carbocycles. The van der Waals surface area contributed by atoms with Crippen molar-refractivity contribution in [2.45, 2.75) is 19.6 Å². The van der Waals surface area contributed by atoms with Crippen LogP contribution in [-0.2, 0) is 4.74 Å². The summed E-state index contributed by atoms with van der Waals surface area (Å²) in [6, 6.07) is 0. The Morgan fingerprint density at radius 1 is 1.27 bits per heavy atom. The Morgan fingerprint density at radius 3 is 1.91 bits per heavy atom. The molecule has 0 saturated carbocycles. The third kappa shape index (κ3) is 1.03. The second-order valence-corrected chi connectivity index (χ2v) is 2.83. The van der Waals surface area contributed by atoms with Gasteiger partial charge in [-0.15, -0.1) is 0 Å². The molecule has 2 heteroatoms. The molecule has 0 amide bonds. The number of likely N-dealkylation sites (N-methyl/N-ethyl adjacent to an activating group) is 1. The van der Waals surface area contributed by atoms with Gasteiger partial charge in [0.2, 0.25) is 0 Å². The predicted molar refractivity (Wildman–Crippen MR) is 46.3 cm³/mol. The van der Waals surface area contributed by atoms with Crippen LogP contribution in [0.1, 0.15) is 13.8 Å². The summed E-state index contributed by atoms with van der Waals surface area (Å²) in [7, 11) is 3.62. The molecule has 0 aromatic rings. The van der Waals surface area contributed by atoms with Crippen molar-refractivity contribution in [2.75, 3.05) is 14.2 Å². The van der Waals surface area contributed by atoms with Crippen LogP contribution >= 0.6 is 0 Å². The van der Waals surface area contributed by atoms with Crippen LogP contribution in [0.3, 0.4) is 0 Å². The molecule has 1 rings (SSSR count). The van der Waals surface area contributed by atoms with Crippen LogP contribution in [0.25, 0.3) is 0 Å². The first-order valence-corrected chi connectivity index (χ1v) is 3.77. The van der Waals surface area contributed by atoms with Gasteiger partial charge in [-0.1, -0.05) is 12.2 Å². The molecule has 1 N–H and O–H groups in total. The van der Waals surface area contributed by atoms with E-state index in [1.165, 1.54) is 11.1 Å². The lowest BCUT2D eigenvalue weighted by atomic mass is 10.0. The quantitative estimate of drug-likeness (QED) is 0.606. The average Bonchev–Trinajstić information content (AvgIpc) is 2.29. The first-order chi connectivity index (χ1) is 5.17. The van der Waals surface area contributed by atoms with E-state index in [2.05, 4.69) is 31.3 Å². The summed E-state index contributed by atoms with van der Waals surface area (Å²) in [6.07, 6.45) is 4.16. The molecule has 0 fully saturated rings. The Kier molecular flexibility index (Phi) is 2.16. The summed E-state index contributed by atoms with van der Waals surface area (Å²) in [5.74, 6) is 0. The molecule has 0 atom stereocenters. The van der Waals surface area contributed by atoms with E-state index >= 15 is 0 Å². The second kappa shape index (κ2) is 2.80. The van der Waals surface area contributed by atoms with E-state index in [0.29, 0.717) is 0 Å². The SMILES string of the molecule is CNC1(OC)C(C)=CC=C1C. The molecule has 11 heavy (non-hydrogen) atoms. The number of allylic oxidation sites excluding steroid dienone is 2. The van der Waals surface area contributed by atoms with Crippen molar-refractivity contribution in [2.24, 2.45) is 0 Å². The van der Waals surface area contributed by atoms with Gasteiger partial charge >= 0.3 is 0 Å². The maximum absolute atomic E-state index is 5.42. The van der Waals surface area contributed by atoms with Crippen molar-refractivity contribution >= 4 is 0 Å². The standard InChI is InChI=1S/C9H15NO/c1-7-5-6-8(2)9(7,10-3)11-4/h5-6,10H,1-4H3. The highest BCUT2D eigenvalue weighted by Gasteiger charge is 2.34. The van der Waals surface area contributed by atoms with E-state index in [4.69, 9.17) is 4.74 Å². The molecule has 0 heterocycles. The summed E-state index contributed by atoms with van der Waals surface area (Å²) in [4.78, 5) is 0. The van der Waals surface area contributed by atoms with Crippen LogP contribution in [0.5, 0.6) is 0 Å². The van der Waals surface area contributed by atoms with E-state index in [1.807, 2.05) is 7.05 Å². The number of hydrogen-bond acceptors (Lipinski definition) is 2. The lowest BCUT2D eigenvalue weighted by Gasteiger charge is -2.31. The number of ether oxygens (including phenoxy) is 1. The van der Waals surface area contributed by atoms with E-state index in [0.717, 1.165) is 0 Å². The van der Waals surface area contributed by atoms with E-state index in [-0.39, 0.29) is 5.72 Å². The highest BCUT2D eigenvalue weighted by molar-refractivity contribution is 5.40. The largest absolute Gasteiger partial charge is 0.356 e. The summed E-state index contributed by atoms with van der Waals surface area (Å²) in [5.41, 5.74) is 2.08. The zero-order chi connectivity index (χ0) is 8.48. The normalized spacial score (nSPS) is 21.5. The van der Waals surface area contributed by atoms with Gasteiger partial charge in [0, 0.05) is 7.11 Å². The summed E-state index contributed by atoms with van der Waals surface area (Å²) in [5, 5.41) is 3.17. The fourth-order valence-corrected chi connectivity index (χ4v) is 1.61. The lowest BCUT2D eigenvalue weighted by Crippen LogP contribution is -2.45. The van der Waals surface area contributed by atoms with Crippen molar-refractivity contribution in [3.63, 3.8) is 0 Å². The zero-order valence-electron chi connectivity index (χ0n) is 7.56. The van der Waals surface area contributed by atoms with Gasteiger partial charge < -0.3 is 4.74 Å². The monoisotopic (exact) mass is 153 g/mol. The predicted octanol–water partition coefficient (Wildman–Crippen LogP) is 1.45. The number of methoxy groups -OCH3 is 1. The van der Waals surface area contributed by atoms with E-state index < -0.39 is 0 Å². The van der Waals surface area contributed by atoms with E-state index in [9.17, 15) is 0 Å². The Hall–Kier alpha value is -0.600. The Morgan fingerprint density at radius 2 is 1.73 bits per heavy atom. The minimum absolute atomic E-state index is 0.333. The zero-order valence-corrected chi connectivity index (χ0v) is 7.56. The van der Waals surface area contributed by atoms with Gasteiger partial charge in [0.05, 0.1) is 0 Å². The summed E-state index contributed by atoms with van der Waals surface area (Å²) >= 11 is 0. The van der Waals surface area contributed by atoms with Gasteiger partial charge in [0.25, 0.3) is 0 Å². The van der Waals surface area contributed by atoms with Crippen molar-refractivity contribution < 1.29 is 4.74 Å². The van der Waals surface area contributed by atoms with Crippen molar-refractivity contribution in [1.29, 1.82) is 0 Å². The topological polar surface area (TPSA) is 21.3 Å². The van der Waals surface area contributed by atoms with Gasteiger partial charge in [-0.05, 0) is 32.0 Å². The molecule has 62 valence electrons. The molecular formula is C9H15NO. The van der Waals surface area contributed by atoms with Crippen molar-refractivity contribution in [3.8, 4) is 0 Å². The molecular weight excluding hydrogens is 138 g/mol. The smallest absolute Gasteiger partial charge is 0.162 e. The molecule has 0 aromatic heterocycles. The molecule has 0 bridgehead atoms. The van der Waals surface area contributed by atoms with Crippen molar-refractivity contribution in [1.82, 2.24) is 5.32 Å². The number of hydrogen-bond donors (Lipinski definition) is 1. The van der Waals surface area contributed by atoms with Gasteiger partial charge in [-0.3, -0.25) is 5.32 Å². The van der Waals surface area contributed by atoms with Crippen LogP contribution < -0.4 is 5.32 Å². The van der Waals surface area contributed by atoms with Crippen LogP contribution in [0.2, 0.25) is 0 Å². The minimum Gasteiger partial charge on any atom is -0.356 e. The molecule has 0 aromatic carbocycles. The maximum atomic E-state index is 5.42. The van der Waals surface area contributed by atoms with Crippen LogP contribution in [-0.4, -0.2) is 19.9 Å². The first-order valence-electron chi connectivity index (χ1n) is 3.77. The third-order valence-electron chi connectivity index (χ3n) is 2.35. The average molecular weight is 153 g/mol. The van der Waals surface area contributed by atoms with E-state index in [1.54, 1.807) is 7.11 Å². The first kappa shape index (κ1) is 8.50. The fraction of sp³-hybridized carbons (Fsp3) is 0.556. The molecule has 0 saturated heterocycles. The van der Waals surface area contributed by atoms with Crippen LogP contribution in [0.15, 0.2) is 23.3 Å². The molecule has 0 spiro atoms. The minimum atomic E-state index is -0.333. The van der Waals surface area contributed by atoms with Crippen LogP contribution in [0.4, 0.5) is 0 Å². The summed E-state index contributed by atoms with van der Waals surface area (Å²) in [6.45, 7) is 4.12. The van der Waals surface area contributed by atoms with Gasteiger partial charge in [-0.2, -0.15) is 0 Å². The molecule has 0 aliphatic heterocycles. The van der Waals surface area contributed by atoms with Gasteiger partial charge in [-0.25, -0.2) is 0 Å². The Bertz CT molecular complexity index is 192. The Labute approximate surface area is 67.9 Å². The number of nitrogens with one attached hydrogen (secondary N) is 1. The number of rotatable bonds is 2. The molecule has 1 aliphatic rings. The highest BCUT2D eigenvalue weighted by atomic mass is 16.5. The Balaban J connectivity index is 2.98. The highest BCUT2D eigenvalue weighted by Crippen LogP contribution is 2.30. The molecule has 0 unspecified atom stereocenters. The molecule has 2 nitrogen and oxygen atoms in total. The van der Waals surface area contributed by atoms with Gasteiger partial charge in [0.1, 0.15) is 0 Å². The van der Waals surface area contributed by atoms with Crippen LogP contribution in [0, 0.1) is 0 Å². The lowest BCUT2D eigenvalue weighted by molar-refractivity contribution is 0.0333. The fourth-order valence-electron chi connectivity index (χ4n) is 1.61. The second-order valence-electron chi connectivity index (χ2n) is 2.83.